The van der Waals surface area contributed by atoms with Crippen molar-refractivity contribution in [2.24, 2.45) is 0 Å². The van der Waals surface area contributed by atoms with Crippen molar-refractivity contribution < 1.29 is 18.3 Å². The average molecular weight is 299 g/mol. The van der Waals surface area contributed by atoms with Crippen LogP contribution in [-0.4, -0.2) is 60.7 Å². The lowest BCUT2D eigenvalue weighted by atomic mass is 10.2. The van der Waals surface area contributed by atoms with Gasteiger partial charge in [-0.25, -0.2) is 18.2 Å². The maximum Gasteiger partial charge on any atom is 0.354 e. The van der Waals surface area contributed by atoms with Gasteiger partial charge in [-0.1, -0.05) is 6.07 Å². The number of carboxylic acid groups (broad SMARTS) is 1. The first-order valence-corrected chi connectivity index (χ1v) is 8.06. The van der Waals surface area contributed by atoms with Gasteiger partial charge in [0, 0.05) is 25.7 Å². The van der Waals surface area contributed by atoms with Crippen LogP contribution in [0.2, 0.25) is 0 Å². The molecule has 0 radical (unpaired) electrons. The Labute approximate surface area is 117 Å². The van der Waals surface area contributed by atoms with E-state index in [2.05, 4.69) is 4.98 Å². The molecule has 110 valence electrons. The minimum absolute atomic E-state index is 0.0132. The Bertz CT molecular complexity index is 617. The molecule has 1 aromatic rings. The van der Waals surface area contributed by atoms with E-state index in [9.17, 15) is 13.2 Å². The van der Waals surface area contributed by atoms with Gasteiger partial charge < -0.3 is 10.0 Å². The van der Waals surface area contributed by atoms with Crippen LogP contribution in [0.25, 0.3) is 0 Å². The molecule has 8 heteroatoms. The van der Waals surface area contributed by atoms with Gasteiger partial charge in [-0.05, 0) is 19.1 Å². The number of hydrogen-bond donors (Lipinski definition) is 1. The maximum atomic E-state index is 11.6. The molecule has 7 nitrogen and oxygen atoms in total. The monoisotopic (exact) mass is 299 g/mol. The van der Waals surface area contributed by atoms with Crippen LogP contribution < -0.4 is 4.90 Å². The van der Waals surface area contributed by atoms with E-state index in [4.69, 9.17) is 5.11 Å². The highest BCUT2D eigenvalue weighted by Gasteiger charge is 2.30. The van der Waals surface area contributed by atoms with Crippen molar-refractivity contribution in [1.82, 2.24) is 9.29 Å². The molecule has 1 N–H and O–H groups in total. The molecule has 0 saturated carbocycles. The molecule has 1 saturated heterocycles. The Morgan fingerprint density at radius 3 is 2.65 bits per heavy atom. The fourth-order valence-electron chi connectivity index (χ4n) is 2.36. The van der Waals surface area contributed by atoms with E-state index < -0.39 is 16.0 Å². The lowest BCUT2D eigenvalue weighted by Gasteiger charge is -2.38. The van der Waals surface area contributed by atoms with Crippen LogP contribution in [0.1, 0.15) is 17.4 Å². The van der Waals surface area contributed by atoms with Crippen molar-refractivity contribution in [1.29, 1.82) is 0 Å². The zero-order valence-electron chi connectivity index (χ0n) is 11.4. The fourth-order valence-corrected chi connectivity index (χ4v) is 3.49. The molecule has 0 amide bonds. The molecule has 1 fully saturated rings. The summed E-state index contributed by atoms with van der Waals surface area (Å²) in [4.78, 5) is 16.9. The zero-order chi connectivity index (χ0) is 14.9. The first-order chi connectivity index (χ1) is 9.29. The molecule has 2 rings (SSSR count). The largest absolute Gasteiger partial charge is 0.477 e. The summed E-state index contributed by atoms with van der Waals surface area (Å²) >= 11 is 0. The van der Waals surface area contributed by atoms with Crippen LogP contribution in [0, 0.1) is 0 Å². The number of aromatic nitrogens is 1. The van der Waals surface area contributed by atoms with Gasteiger partial charge in [0.1, 0.15) is 5.82 Å². The summed E-state index contributed by atoms with van der Waals surface area (Å²) in [6.45, 7) is 3.18. The molecular formula is C12H17N3O4S. The van der Waals surface area contributed by atoms with Gasteiger partial charge in [-0.2, -0.15) is 4.31 Å². The fraction of sp³-hybridized carbons (Fsp3) is 0.500. The highest BCUT2D eigenvalue weighted by Crippen LogP contribution is 2.19. The Hall–Kier alpha value is -1.67. The number of pyridine rings is 1. The molecule has 1 atom stereocenters. The minimum atomic E-state index is -3.21. The number of anilines is 1. The lowest BCUT2D eigenvalue weighted by molar-refractivity contribution is 0.0690. The SMILES string of the molecule is C[C@H]1CN(c2cccc(C(=O)O)n2)CCN1S(C)(=O)=O. The third-order valence-corrected chi connectivity index (χ3v) is 4.66. The number of nitrogens with zero attached hydrogens (tertiary/aromatic N) is 3. The predicted octanol–water partition coefficient (Wildman–Crippen LogP) is 0.250. The van der Waals surface area contributed by atoms with Crippen LogP contribution in [0.3, 0.4) is 0 Å². The first kappa shape index (κ1) is 14.7. The number of sulfonamides is 1. The van der Waals surface area contributed by atoms with Crippen LogP contribution in [-0.2, 0) is 10.0 Å². The summed E-state index contributed by atoms with van der Waals surface area (Å²) in [5.41, 5.74) is -0.0132. The van der Waals surface area contributed by atoms with Crippen LogP contribution >= 0.6 is 0 Å². The molecular weight excluding hydrogens is 282 g/mol. The second-order valence-electron chi connectivity index (χ2n) is 4.85. The van der Waals surface area contributed by atoms with Crippen molar-refractivity contribution in [2.45, 2.75) is 13.0 Å². The van der Waals surface area contributed by atoms with Crippen molar-refractivity contribution >= 4 is 21.8 Å². The van der Waals surface area contributed by atoms with Crippen LogP contribution in [0.4, 0.5) is 5.82 Å². The highest BCUT2D eigenvalue weighted by molar-refractivity contribution is 7.88. The number of carboxylic acids is 1. The molecule has 0 aliphatic carbocycles. The molecule has 20 heavy (non-hydrogen) atoms. The van der Waals surface area contributed by atoms with Gasteiger partial charge >= 0.3 is 5.97 Å². The molecule has 0 aromatic carbocycles. The van der Waals surface area contributed by atoms with Gasteiger partial charge in [-0.15, -0.1) is 0 Å². The zero-order valence-corrected chi connectivity index (χ0v) is 12.2. The number of piperazine rings is 1. The Kier molecular flexibility index (Phi) is 3.96. The van der Waals surface area contributed by atoms with E-state index in [1.807, 2.05) is 11.8 Å². The third-order valence-electron chi connectivity index (χ3n) is 3.27. The molecule has 1 aliphatic heterocycles. The van der Waals surface area contributed by atoms with Crippen molar-refractivity contribution in [3.63, 3.8) is 0 Å². The number of carbonyl (C=O) groups is 1. The topological polar surface area (TPSA) is 90.8 Å². The van der Waals surface area contributed by atoms with Gasteiger partial charge in [0.2, 0.25) is 10.0 Å². The number of rotatable bonds is 3. The van der Waals surface area contributed by atoms with Crippen LogP contribution in [0.5, 0.6) is 0 Å². The van der Waals surface area contributed by atoms with Gasteiger partial charge in [0.15, 0.2) is 5.69 Å². The standard InChI is InChI=1S/C12H17N3O4S/c1-9-8-14(6-7-15(9)20(2,18)19)11-5-3-4-10(13-11)12(16)17/h3-5,9H,6-8H2,1-2H3,(H,16,17)/t9-/m0/s1. The second kappa shape index (κ2) is 5.37. The Morgan fingerprint density at radius 2 is 2.10 bits per heavy atom. The Morgan fingerprint density at radius 1 is 1.40 bits per heavy atom. The molecule has 2 heterocycles. The van der Waals surface area contributed by atoms with Gasteiger partial charge in [0.05, 0.1) is 6.26 Å². The van der Waals surface area contributed by atoms with E-state index >= 15 is 0 Å². The summed E-state index contributed by atoms with van der Waals surface area (Å²) in [6, 6.07) is 4.63. The lowest BCUT2D eigenvalue weighted by Crippen LogP contribution is -2.53. The molecule has 0 spiro atoms. The highest BCUT2D eigenvalue weighted by atomic mass is 32.2. The second-order valence-corrected chi connectivity index (χ2v) is 6.79. The summed E-state index contributed by atoms with van der Waals surface area (Å²) < 4.78 is 24.6. The van der Waals surface area contributed by atoms with Gasteiger partial charge in [0.25, 0.3) is 0 Å². The smallest absolute Gasteiger partial charge is 0.354 e. The molecule has 0 unspecified atom stereocenters. The van der Waals surface area contributed by atoms with Crippen molar-refractivity contribution in [3.05, 3.63) is 23.9 Å². The average Bonchev–Trinajstić information content (AvgIpc) is 2.37. The summed E-state index contributed by atoms with van der Waals surface area (Å²) in [7, 11) is -3.21. The number of hydrogen-bond acceptors (Lipinski definition) is 5. The van der Waals surface area contributed by atoms with Crippen molar-refractivity contribution in [3.8, 4) is 0 Å². The molecule has 1 aromatic heterocycles. The van der Waals surface area contributed by atoms with Crippen LogP contribution in [0.15, 0.2) is 18.2 Å². The summed E-state index contributed by atoms with van der Waals surface area (Å²) in [5, 5.41) is 8.94. The minimum Gasteiger partial charge on any atom is -0.477 e. The normalized spacial score (nSPS) is 20.9. The number of aromatic carboxylic acids is 1. The van der Waals surface area contributed by atoms with E-state index in [1.165, 1.54) is 16.6 Å². The van der Waals surface area contributed by atoms with E-state index in [0.29, 0.717) is 25.5 Å². The summed E-state index contributed by atoms with van der Waals surface area (Å²) in [5.74, 6) is -0.514. The molecule has 0 bridgehead atoms. The summed E-state index contributed by atoms with van der Waals surface area (Å²) in [6.07, 6.45) is 1.20. The van der Waals surface area contributed by atoms with E-state index in [-0.39, 0.29) is 11.7 Å². The predicted molar refractivity (Wildman–Crippen MR) is 74.4 cm³/mol. The third kappa shape index (κ3) is 3.07. The maximum absolute atomic E-state index is 11.6. The van der Waals surface area contributed by atoms with Crippen molar-refractivity contribution in [2.75, 3.05) is 30.8 Å². The first-order valence-electron chi connectivity index (χ1n) is 6.21. The Balaban J connectivity index is 2.17. The van der Waals surface area contributed by atoms with E-state index in [1.54, 1.807) is 12.1 Å². The van der Waals surface area contributed by atoms with Gasteiger partial charge in [-0.3, -0.25) is 0 Å². The molecule has 1 aliphatic rings. The quantitative estimate of drug-likeness (QED) is 0.860. The van der Waals surface area contributed by atoms with E-state index in [0.717, 1.165) is 0 Å².